The summed E-state index contributed by atoms with van der Waals surface area (Å²) in [5.41, 5.74) is 9.44. The van der Waals surface area contributed by atoms with Gasteiger partial charge in [-0.25, -0.2) is 4.68 Å². The molecule has 3 N–H and O–H groups in total. The molecule has 2 aromatic rings. The number of aryl methyl sites for hydroxylation is 2. The van der Waals surface area contributed by atoms with Crippen LogP contribution in [0, 0.1) is 19.8 Å². The predicted molar refractivity (Wildman–Crippen MR) is 93.2 cm³/mol. The first-order chi connectivity index (χ1) is 11.5. The number of methoxy groups -OCH3 is 1. The first-order valence-electron chi connectivity index (χ1n) is 8.15. The van der Waals surface area contributed by atoms with Gasteiger partial charge >= 0.3 is 0 Å². The Hall–Kier alpha value is -2.18. The van der Waals surface area contributed by atoms with Crippen molar-refractivity contribution in [3.05, 3.63) is 41.7 Å². The van der Waals surface area contributed by atoms with Gasteiger partial charge in [0.2, 0.25) is 5.91 Å². The molecule has 1 fully saturated rings. The number of hydrogen-bond acceptors (Lipinski definition) is 4. The van der Waals surface area contributed by atoms with Crippen LogP contribution in [0.4, 0.5) is 5.69 Å². The van der Waals surface area contributed by atoms with Crippen LogP contribution in [0.25, 0.3) is 5.69 Å². The third-order valence-electron chi connectivity index (χ3n) is 4.86. The minimum Gasteiger partial charge on any atom is -0.377 e. The van der Waals surface area contributed by atoms with E-state index >= 15 is 0 Å². The molecular weight excluding hydrogens is 304 g/mol. The van der Waals surface area contributed by atoms with Crippen molar-refractivity contribution in [2.75, 3.05) is 19.0 Å². The second-order valence-electron chi connectivity index (χ2n) is 6.65. The topological polar surface area (TPSA) is 82.2 Å². The van der Waals surface area contributed by atoms with E-state index in [0.29, 0.717) is 25.1 Å². The zero-order valence-electron chi connectivity index (χ0n) is 14.4. The Morgan fingerprint density at radius 2 is 2.21 bits per heavy atom. The molecule has 24 heavy (non-hydrogen) atoms. The van der Waals surface area contributed by atoms with Gasteiger partial charge in [-0.1, -0.05) is 17.7 Å². The Kier molecular flexibility index (Phi) is 4.43. The van der Waals surface area contributed by atoms with Gasteiger partial charge in [-0.15, -0.1) is 0 Å². The molecule has 0 radical (unpaired) electrons. The fourth-order valence-corrected chi connectivity index (χ4v) is 3.27. The summed E-state index contributed by atoms with van der Waals surface area (Å²) in [4.78, 5) is 12.3. The van der Waals surface area contributed by atoms with Crippen molar-refractivity contribution >= 4 is 11.6 Å². The number of aromatic nitrogens is 2. The Bertz CT molecular complexity index is 741. The van der Waals surface area contributed by atoms with E-state index in [4.69, 9.17) is 10.5 Å². The zero-order chi connectivity index (χ0) is 17.3. The summed E-state index contributed by atoms with van der Waals surface area (Å²) >= 11 is 0. The number of amides is 1. The molecule has 1 aliphatic carbocycles. The molecular formula is C18H24N4O2. The van der Waals surface area contributed by atoms with E-state index < -0.39 is 0 Å². The smallest absolute Gasteiger partial charge is 0.227 e. The summed E-state index contributed by atoms with van der Waals surface area (Å²) in [6, 6.07) is 6.19. The molecule has 1 saturated carbocycles. The lowest BCUT2D eigenvalue weighted by Gasteiger charge is -2.44. The molecule has 1 aliphatic rings. The van der Waals surface area contributed by atoms with Crippen LogP contribution in [-0.4, -0.2) is 34.9 Å². The highest BCUT2D eigenvalue weighted by Gasteiger charge is 2.46. The fraction of sp³-hybridized carbons (Fsp3) is 0.444. The van der Waals surface area contributed by atoms with E-state index in [1.807, 2.05) is 25.3 Å². The third-order valence-corrected chi connectivity index (χ3v) is 4.86. The summed E-state index contributed by atoms with van der Waals surface area (Å²) < 4.78 is 7.20. The van der Waals surface area contributed by atoms with Gasteiger partial charge < -0.3 is 15.8 Å². The number of nitrogens with two attached hydrogens (primary N) is 1. The number of nitrogens with one attached hydrogen (secondary N) is 1. The number of benzene rings is 1. The summed E-state index contributed by atoms with van der Waals surface area (Å²) in [6.45, 7) is 4.55. The number of ether oxygens (including phenoxy) is 1. The highest BCUT2D eigenvalue weighted by atomic mass is 16.5. The number of carbonyl (C=O) groups excluding carboxylic acids is 1. The summed E-state index contributed by atoms with van der Waals surface area (Å²) in [5, 5.41) is 7.28. The lowest BCUT2D eigenvalue weighted by atomic mass is 9.70. The van der Waals surface area contributed by atoms with Crippen molar-refractivity contribution in [1.82, 2.24) is 9.78 Å². The normalized spacial score (nSPS) is 22.9. The number of carbonyl (C=O) groups is 1. The average Bonchev–Trinajstić information content (AvgIpc) is 2.95. The summed E-state index contributed by atoms with van der Waals surface area (Å²) in [7, 11) is 1.65. The van der Waals surface area contributed by atoms with Gasteiger partial charge in [-0.05, 0) is 38.3 Å². The number of hydrogen-bond donors (Lipinski definition) is 2. The van der Waals surface area contributed by atoms with Gasteiger partial charge in [0, 0.05) is 19.6 Å². The van der Waals surface area contributed by atoms with Crippen LogP contribution in [0.1, 0.15) is 24.0 Å². The van der Waals surface area contributed by atoms with E-state index in [1.54, 1.807) is 18.0 Å². The second kappa shape index (κ2) is 6.37. The average molecular weight is 328 g/mol. The van der Waals surface area contributed by atoms with Crippen LogP contribution in [0.3, 0.4) is 0 Å². The van der Waals surface area contributed by atoms with Crippen LogP contribution in [0.2, 0.25) is 0 Å². The highest BCUT2D eigenvalue weighted by Crippen LogP contribution is 2.40. The largest absolute Gasteiger partial charge is 0.377 e. The Balaban J connectivity index is 1.65. The Morgan fingerprint density at radius 1 is 1.46 bits per heavy atom. The van der Waals surface area contributed by atoms with E-state index in [1.165, 1.54) is 5.56 Å². The lowest BCUT2D eigenvalue weighted by molar-refractivity contribution is -0.140. The molecule has 1 amide bonds. The quantitative estimate of drug-likeness (QED) is 0.881. The van der Waals surface area contributed by atoms with Crippen LogP contribution < -0.4 is 11.1 Å². The van der Waals surface area contributed by atoms with Gasteiger partial charge in [0.05, 0.1) is 29.4 Å². The Morgan fingerprint density at radius 3 is 2.83 bits per heavy atom. The number of nitrogens with zero attached hydrogens (tertiary/aromatic N) is 2. The maximum atomic E-state index is 12.3. The lowest BCUT2D eigenvalue weighted by Crippen LogP contribution is -2.54. The first-order valence-corrected chi connectivity index (χ1v) is 8.15. The molecule has 0 saturated heterocycles. The van der Waals surface area contributed by atoms with Crippen LogP contribution >= 0.6 is 0 Å². The molecule has 3 rings (SSSR count). The maximum Gasteiger partial charge on any atom is 0.227 e. The molecule has 0 spiro atoms. The van der Waals surface area contributed by atoms with Gasteiger partial charge in [-0.3, -0.25) is 4.79 Å². The zero-order valence-corrected chi connectivity index (χ0v) is 14.4. The highest BCUT2D eigenvalue weighted by molar-refractivity contribution is 5.93. The van der Waals surface area contributed by atoms with Crippen molar-refractivity contribution in [1.29, 1.82) is 0 Å². The number of rotatable bonds is 5. The summed E-state index contributed by atoms with van der Waals surface area (Å²) in [5.74, 6) is -0.0609. The molecule has 0 aliphatic heterocycles. The summed E-state index contributed by atoms with van der Waals surface area (Å²) in [6.07, 6.45) is 4.83. The molecule has 1 aromatic carbocycles. The maximum absolute atomic E-state index is 12.3. The second-order valence-corrected chi connectivity index (χ2v) is 6.65. The van der Waals surface area contributed by atoms with Crippen LogP contribution in [0.15, 0.2) is 30.6 Å². The molecule has 6 nitrogen and oxygen atoms in total. The molecule has 1 aromatic heterocycles. The fourth-order valence-electron chi connectivity index (χ4n) is 3.27. The van der Waals surface area contributed by atoms with Gasteiger partial charge in [-0.2, -0.15) is 5.10 Å². The SMILES string of the molecule is COC1(CN)CC(C(=O)Nc2cnn(-c3ccc(C)cc3C)c2)C1. The minimum atomic E-state index is -0.328. The van der Waals surface area contributed by atoms with Crippen molar-refractivity contribution in [2.24, 2.45) is 11.7 Å². The van der Waals surface area contributed by atoms with E-state index in [-0.39, 0.29) is 17.4 Å². The van der Waals surface area contributed by atoms with Gasteiger partial charge in [0.25, 0.3) is 0 Å². The molecule has 0 atom stereocenters. The first kappa shape index (κ1) is 16.7. The van der Waals surface area contributed by atoms with Crippen LogP contribution in [0.5, 0.6) is 0 Å². The van der Waals surface area contributed by atoms with E-state index in [0.717, 1.165) is 11.3 Å². The molecule has 6 heteroatoms. The van der Waals surface area contributed by atoms with Crippen LogP contribution in [-0.2, 0) is 9.53 Å². The van der Waals surface area contributed by atoms with E-state index in [2.05, 4.69) is 23.4 Å². The van der Waals surface area contributed by atoms with Gasteiger partial charge in [0.1, 0.15) is 0 Å². The van der Waals surface area contributed by atoms with Crippen molar-refractivity contribution in [2.45, 2.75) is 32.3 Å². The molecule has 128 valence electrons. The number of anilines is 1. The molecule has 1 heterocycles. The minimum absolute atomic E-state index is 0.00342. The van der Waals surface area contributed by atoms with E-state index in [9.17, 15) is 4.79 Å². The van der Waals surface area contributed by atoms with Crippen molar-refractivity contribution in [3.8, 4) is 5.69 Å². The molecule has 0 unspecified atom stereocenters. The third kappa shape index (κ3) is 3.07. The predicted octanol–water partition coefficient (Wildman–Crippen LogP) is 2.18. The standard InChI is InChI=1S/C18H24N4O2/c1-12-4-5-16(13(2)6-12)22-10-15(9-20-22)21-17(23)14-7-18(8-14,11-19)24-3/h4-6,9-10,14H,7-8,11,19H2,1-3H3,(H,21,23). The van der Waals surface area contributed by atoms with Crippen molar-refractivity contribution in [3.63, 3.8) is 0 Å². The molecule has 0 bridgehead atoms. The monoisotopic (exact) mass is 328 g/mol. The van der Waals surface area contributed by atoms with Gasteiger partial charge in [0.15, 0.2) is 0 Å². The van der Waals surface area contributed by atoms with Crippen molar-refractivity contribution < 1.29 is 9.53 Å². The Labute approximate surface area is 142 Å².